The maximum atomic E-state index is 12.6. The Morgan fingerprint density at radius 2 is 2.00 bits per heavy atom. The highest BCUT2D eigenvalue weighted by atomic mass is 35.5. The molecule has 5 nitrogen and oxygen atoms in total. The molecule has 1 aromatic heterocycles. The van der Waals surface area contributed by atoms with Crippen molar-refractivity contribution in [2.75, 3.05) is 6.54 Å². The van der Waals surface area contributed by atoms with Gasteiger partial charge in [0.2, 0.25) is 0 Å². The zero-order chi connectivity index (χ0) is 17.2. The molecule has 1 amide bonds. The second-order valence-corrected chi connectivity index (χ2v) is 6.72. The molecule has 2 rings (SSSR count). The summed E-state index contributed by atoms with van der Waals surface area (Å²) in [6, 6.07) is 7.29. The molecule has 0 aliphatic heterocycles. The van der Waals surface area contributed by atoms with Crippen LogP contribution in [0.2, 0.25) is 5.02 Å². The number of carbonyl (C=O) groups is 1. The van der Waals surface area contributed by atoms with Crippen molar-refractivity contribution in [1.29, 1.82) is 0 Å². The Hall–Kier alpha value is -1.85. The lowest BCUT2D eigenvalue weighted by molar-refractivity contribution is 0.0882. The van der Waals surface area contributed by atoms with Crippen LogP contribution in [0.15, 0.2) is 30.5 Å². The number of halogens is 1. The van der Waals surface area contributed by atoms with E-state index in [1.54, 1.807) is 23.0 Å². The van der Waals surface area contributed by atoms with Gasteiger partial charge in [0.05, 0.1) is 22.5 Å². The number of rotatable bonds is 5. The molecule has 0 aliphatic carbocycles. The molecule has 2 aromatic rings. The van der Waals surface area contributed by atoms with Crippen molar-refractivity contribution in [1.82, 2.24) is 15.1 Å². The molecule has 1 atom stereocenters. The van der Waals surface area contributed by atoms with Gasteiger partial charge in [0.25, 0.3) is 5.91 Å². The quantitative estimate of drug-likeness (QED) is 0.883. The first-order valence-corrected chi connectivity index (χ1v) is 7.99. The van der Waals surface area contributed by atoms with Crippen molar-refractivity contribution < 1.29 is 4.79 Å². The van der Waals surface area contributed by atoms with Crippen LogP contribution in [-0.2, 0) is 0 Å². The third-order valence-corrected chi connectivity index (χ3v) is 4.58. The van der Waals surface area contributed by atoms with E-state index in [2.05, 4.69) is 10.4 Å². The highest BCUT2D eigenvalue weighted by molar-refractivity contribution is 6.30. The molecule has 1 heterocycles. The minimum atomic E-state index is -0.452. The number of amides is 1. The Labute approximate surface area is 141 Å². The highest BCUT2D eigenvalue weighted by Crippen LogP contribution is 2.18. The number of nitrogens with one attached hydrogen (secondary N) is 1. The van der Waals surface area contributed by atoms with Crippen LogP contribution in [0.5, 0.6) is 0 Å². The predicted octanol–water partition coefficient (Wildman–Crippen LogP) is 2.94. The van der Waals surface area contributed by atoms with Gasteiger partial charge in [0.15, 0.2) is 0 Å². The van der Waals surface area contributed by atoms with Crippen LogP contribution >= 0.6 is 11.6 Å². The highest BCUT2D eigenvalue weighted by Gasteiger charge is 2.30. The Bertz CT molecular complexity index is 693. The molecule has 0 saturated heterocycles. The average Bonchev–Trinajstić information content (AvgIpc) is 2.89. The number of nitrogens with zero attached hydrogens (tertiary/aromatic N) is 2. The Morgan fingerprint density at radius 3 is 2.52 bits per heavy atom. The standard InChI is InChI=1S/C17H23ClN4O/c1-11(2)17(4,10-19)20-16(23)15-9-22(21-12(15)3)14-7-5-13(18)6-8-14/h5-9,11H,10,19H2,1-4H3,(H,20,23). The summed E-state index contributed by atoms with van der Waals surface area (Å²) in [7, 11) is 0. The Balaban J connectivity index is 2.27. The van der Waals surface area contributed by atoms with Gasteiger partial charge < -0.3 is 11.1 Å². The van der Waals surface area contributed by atoms with Crippen molar-refractivity contribution in [2.45, 2.75) is 33.2 Å². The summed E-state index contributed by atoms with van der Waals surface area (Å²) in [6.45, 7) is 8.22. The SMILES string of the molecule is Cc1nn(-c2ccc(Cl)cc2)cc1C(=O)NC(C)(CN)C(C)C. The molecule has 0 radical (unpaired) electrons. The molecule has 1 unspecified atom stereocenters. The third kappa shape index (κ3) is 3.74. The summed E-state index contributed by atoms with van der Waals surface area (Å²) >= 11 is 5.90. The van der Waals surface area contributed by atoms with Crippen LogP contribution in [0.4, 0.5) is 0 Å². The predicted molar refractivity (Wildman–Crippen MR) is 93.1 cm³/mol. The van der Waals surface area contributed by atoms with Gasteiger partial charge in [0, 0.05) is 17.8 Å². The molecule has 0 saturated carbocycles. The first kappa shape index (κ1) is 17.5. The monoisotopic (exact) mass is 334 g/mol. The maximum absolute atomic E-state index is 12.6. The summed E-state index contributed by atoms with van der Waals surface area (Å²) in [5.74, 6) is 0.0624. The largest absolute Gasteiger partial charge is 0.345 e. The van der Waals surface area contributed by atoms with E-state index in [9.17, 15) is 4.79 Å². The number of benzene rings is 1. The molecule has 1 aromatic carbocycles. The number of hydrogen-bond acceptors (Lipinski definition) is 3. The second kappa shape index (κ2) is 6.72. The molecule has 23 heavy (non-hydrogen) atoms. The number of carbonyl (C=O) groups excluding carboxylic acids is 1. The fraction of sp³-hybridized carbons (Fsp3) is 0.412. The lowest BCUT2D eigenvalue weighted by Crippen LogP contribution is -2.55. The zero-order valence-corrected chi connectivity index (χ0v) is 14.7. The van der Waals surface area contributed by atoms with Crippen molar-refractivity contribution in [2.24, 2.45) is 11.7 Å². The third-order valence-electron chi connectivity index (χ3n) is 4.33. The van der Waals surface area contributed by atoms with E-state index in [1.165, 1.54) is 0 Å². The Kier molecular flexibility index (Phi) is 5.12. The minimum absolute atomic E-state index is 0.163. The molecule has 3 N–H and O–H groups in total. The van der Waals surface area contributed by atoms with Crippen LogP contribution < -0.4 is 11.1 Å². The summed E-state index contributed by atoms with van der Waals surface area (Å²) in [6.07, 6.45) is 1.73. The van der Waals surface area contributed by atoms with Crippen LogP contribution in [0.3, 0.4) is 0 Å². The molecule has 124 valence electrons. The van der Waals surface area contributed by atoms with Crippen LogP contribution in [-0.4, -0.2) is 27.8 Å². The molecular formula is C17H23ClN4O. The maximum Gasteiger partial charge on any atom is 0.255 e. The topological polar surface area (TPSA) is 72.9 Å². The Morgan fingerprint density at radius 1 is 1.39 bits per heavy atom. The smallest absolute Gasteiger partial charge is 0.255 e. The van der Waals surface area contributed by atoms with Crippen molar-refractivity contribution in [3.8, 4) is 5.69 Å². The van der Waals surface area contributed by atoms with Crippen molar-refractivity contribution in [3.05, 3.63) is 46.7 Å². The average molecular weight is 335 g/mol. The van der Waals surface area contributed by atoms with Crippen LogP contribution in [0.1, 0.15) is 36.8 Å². The van der Waals surface area contributed by atoms with Crippen molar-refractivity contribution >= 4 is 17.5 Å². The molecule has 6 heteroatoms. The summed E-state index contributed by atoms with van der Waals surface area (Å²) < 4.78 is 1.68. The fourth-order valence-corrected chi connectivity index (χ4v) is 2.29. The van der Waals surface area contributed by atoms with Gasteiger partial charge in [-0.3, -0.25) is 4.79 Å². The van der Waals surface area contributed by atoms with Gasteiger partial charge in [-0.2, -0.15) is 5.10 Å². The van der Waals surface area contributed by atoms with E-state index < -0.39 is 5.54 Å². The lowest BCUT2D eigenvalue weighted by atomic mass is 9.88. The number of aromatic nitrogens is 2. The number of nitrogens with two attached hydrogens (primary N) is 1. The first-order chi connectivity index (χ1) is 10.8. The van der Waals surface area contributed by atoms with E-state index in [1.807, 2.05) is 39.8 Å². The summed E-state index contributed by atoms with van der Waals surface area (Å²) in [5, 5.41) is 8.11. The summed E-state index contributed by atoms with van der Waals surface area (Å²) in [5.41, 5.74) is 7.44. The molecular weight excluding hydrogens is 312 g/mol. The zero-order valence-electron chi connectivity index (χ0n) is 13.9. The fourth-order valence-electron chi connectivity index (χ4n) is 2.17. The van der Waals surface area contributed by atoms with E-state index in [4.69, 9.17) is 17.3 Å². The van der Waals surface area contributed by atoms with E-state index in [0.717, 1.165) is 5.69 Å². The second-order valence-electron chi connectivity index (χ2n) is 6.28. The van der Waals surface area contributed by atoms with Crippen LogP contribution in [0.25, 0.3) is 5.69 Å². The molecule has 0 fully saturated rings. The molecule has 0 spiro atoms. The van der Waals surface area contributed by atoms with Crippen LogP contribution in [0, 0.1) is 12.8 Å². The lowest BCUT2D eigenvalue weighted by Gasteiger charge is -2.33. The van der Waals surface area contributed by atoms with E-state index >= 15 is 0 Å². The molecule has 0 bridgehead atoms. The van der Waals surface area contributed by atoms with Gasteiger partial charge in [-0.1, -0.05) is 25.4 Å². The van der Waals surface area contributed by atoms with E-state index in [-0.39, 0.29) is 11.8 Å². The summed E-state index contributed by atoms with van der Waals surface area (Å²) in [4.78, 5) is 12.6. The van der Waals surface area contributed by atoms with Gasteiger partial charge in [-0.25, -0.2) is 4.68 Å². The van der Waals surface area contributed by atoms with Crippen molar-refractivity contribution in [3.63, 3.8) is 0 Å². The van der Waals surface area contributed by atoms with E-state index in [0.29, 0.717) is 22.8 Å². The first-order valence-electron chi connectivity index (χ1n) is 7.61. The van der Waals surface area contributed by atoms with Gasteiger partial charge >= 0.3 is 0 Å². The minimum Gasteiger partial charge on any atom is -0.345 e. The normalized spacial score (nSPS) is 13.9. The van der Waals surface area contributed by atoms with Gasteiger partial charge in [-0.15, -0.1) is 0 Å². The number of hydrogen-bond donors (Lipinski definition) is 2. The van der Waals surface area contributed by atoms with Gasteiger partial charge in [0.1, 0.15) is 0 Å². The molecule has 0 aliphatic rings. The number of aryl methyl sites for hydroxylation is 1. The van der Waals surface area contributed by atoms with Gasteiger partial charge in [-0.05, 0) is 44.0 Å².